The van der Waals surface area contributed by atoms with E-state index in [4.69, 9.17) is 56.8 Å². The number of esters is 1. The van der Waals surface area contributed by atoms with Gasteiger partial charge in [-0.2, -0.15) is 0 Å². The summed E-state index contributed by atoms with van der Waals surface area (Å²) in [7, 11) is 0. The minimum Gasteiger partial charge on any atom is -0.491 e. The van der Waals surface area contributed by atoms with Crippen molar-refractivity contribution >= 4 is 5.97 Å². The lowest BCUT2D eigenvalue weighted by atomic mass is 9.78. The Hall–Kier alpha value is -6.65. The van der Waals surface area contributed by atoms with E-state index in [2.05, 4.69) is 90.1 Å². The third-order valence-electron chi connectivity index (χ3n) is 14.3. The van der Waals surface area contributed by atoms with Crippen LogP contribution in [-0.4, -0.2) is 127 Å². The van der Waals surface area contributed by atoms with Crippen molar-refractivity contribution in [1.82, 2.24) is 0 Å². The van der Waals surface area contributed by atoms with Crippen molar-refractivity contribution in [1.29, 1.82) is 0 Å². The quantitative estimate of drug-likeness (QED) is 0.0403. The Morgan fingerprint density at radius 1 is 0.410 bits per heavy atom. The highest BCUT2D eigenvalue weighted by Gasteiger charge is 2.31. The second kappa shape index (κ2) is 31.9. The maximum Gasteiger partial charge on any atom is 0.311 e. The number of aliphatic hydroxyl groups excluding tert-OH is 1. The van der Waals surface area contributed by atoms with Gasteiger partial charge in [0, 0.05) is 10.8 Å². The summed E-state index contributed by atoms with van der Waals surface area (Å²) in [4.78, 5) is 11.4. The number of epoxide rings is 5. The van der Waals surface area contributed by atoms with Crippen molar-refractivity contribution in [3.63, 3.8) is 0 Å². The van der Waals surface area contributed by atoms with E-state index in [0.717, 1.165) is 62.5 Å². The number of aliphatic hydroxyl groups is 1. The fraction of sp³-hybridized carbons (Fsp3) is 0.464. The molecule has 6 aromatic carbocycles. The van der Waals surface area contributed by atoms with E-state index >= 15 is 0 Å². The van der Waals surface area contributed by atoms with Crippen molar-refractivity contribution in [2.24, 2.45) is 5.41 Å². The first-order chi connectivity index (χ1) is 40.0. The van der Waals surface area contributed by atoms with Crippen LogP contribution in [0.5, 0.6) is 34.5 Å². The Bertz CT molecular complexity index is 2580. The molecule has 0 saturated carbocycles. The first kappa shape index (κ1) is 63.9. The Morgan fingerprint density at radius 2 is 0.651 bits per heavy atom. The van der Waals surface area contributed by atoms with Gasteiger partial charge in [-0.3, -0.25) is 4.79 Å². The normalized spacial score (nSPS) is 19.0. The highest BCUT2D eigenvalue weighted by molar-refractivity contribution is 5.75. The lowest BCUT2D eigenvalue weighted by Crippen LogP contribution is -2.27. The minimum absolute atomic E-state index is 0.125. The summed E-state index contributed by atoms with van der Waals surface area (Å²) in [6, 6.07) is 52.1. The van der Waals surface area contributed by atoms with Gasteiger partial charge in [-0.1, -0.05) is 140 Å². The smallest absolute Gasteiger partial charge is 0.311 e. The van der Waals surface area contributed by atoms with E-state index in [-0.39, 0.29) is 53.7 Å². The van der Waals surface area contributed by atoms with Gasteiger partial charge in [0.15, 0.2) is 0 Å². The van der Waals surface area contributed by atoms with Gasteiger partial charge in [0.1, 0.15) is 117 Å². The molecule has 5 aliphatic heterocycles. The number of rotatable bonds is 26. The van der Waals surface area contributed by atoms with E-state index in [1.165, 1.54) is 28.7 Å². The predicted molar refractivity (Wildman–Crippen MR) is 322 cm³/mol. The van der Waals surface area contributed by atoms with E-state index in [9.17, 15) is 9.90 Å². The molecule has 0 bridgehead atoms. The molecule has 5 saturated heterocycles. The first-order valence-corrected chi connectivity index (χ1v) is 29.3. The van der Waals surface area contributed by atoms with Crippen molar-refractivity contribution in [2.45, 2.75) is 123 Å². The topological polar surface area (TPSA) is 165 Å². The number of benzene rings is 6. The summed E-state index contributed by atoms with van der Waals surface area (Å²) in [5, 5.41) is 10.5. The lowest BCUT2D eigenvalue weighted by Gasteiger charge is -2.26. The molecule has 6 aromatic rings. The number of carbonyl (C=O) groups is 1. The van der Waals surface area contributed by atoms with E-state index in [1.54, 1.807) is 0 Å². The molecule has 5 atom stereocenters. The second-order valence-electron chi connectivity index (χ2n) is 22.8. The molecule has 11 rings (SSSR count). The molecule has 0 aromatic heterocycles. The van der Waals surface area contributed by atoms with Crippen LogP contribution >= 0.6 is 0 Å². The van der Waals surface area contributed by atoms with Crippen LogP contribution in [-0.2, 0) is 44.0 Å². The highest BCUT2D eigenvalue weighted by Crippen LogP contribution is 2.35. The standard InChI is InChI=1S/C39H44O7.C9H16O3.2C9H10O2.C3H8/c1-38(2,29-9-17-34(18-10-29)43-23-36-25-45-36)27-5-13-32(14-6-27)41-21-31(40)22-42-33-15-7-28(8-16-33)39(3,4)30-11-19-35(20-12-30)44-24-37-26-46-37;1-4-9(2,3)8(10)12-6-7-5-11-7;2*1-2-4-8(5-3-1)10-6-9-7-11-9;1-3-2/h5-20,31,36-37,40H,21-26H2,1-4H3;7H,4-6H2,1-3H3;2*1-5,9H,6-7H2;3H2,1-2H3. The van der Waals surface area contributed by atoms with Gasteiger partial charge in [-0.25, -0.2) is 0 Å². The van der Waals surface area contributed by atoms with Gasteiger partial charge < -0.3 is 61.9 Å². The molecule has 0 spiro atoms. The average molecular weight is 1140 g/mol. The van der Waals surface area contributed by atoms with Gasteiger partial charge in [-0.15, -0.1) is 0 Å². The monoisotopic (exact) mass is 1140 g/mol. The highest BCUT2D eigenvalue weighted by atomic mass is 16.6. The maximum absolute atomic E-state index is 11.4. The molecule has 83 heavy (non-hydrogen) atoms. The fourth-order valence-corrected chi connectivity index (χ4v) is 7.76. The van der Waals surface area contributed by atoms with Crippen LogP contribution in [0.1, 0.15) is 97.4 Å². The number of hydrogen-bond acceptors (Lipinski definition) is 14. The van der Waals surface area contributed by atoms with Crippen LogP contribution in [0.4, 0.5) is 0 Å². The average Bonchev–Trinajstić information content (AvgIpc) is 4.32. The molecule has 0 amide bonds. The summed E-state index contributed by atoms with van der Waals surface area (Å²) in [5.74, 6) is 4.82. The molecule has 0 aliphatic carbocycles. The molecule has 5 unspecified atom stereocenters. The van der Waals surface area contributed by atoms with Crippen LogP contribution in [0.3, 0.4) is 0 Å². The van der Waals surface area contributed by atoms with Gasteiger partial charge in [0.25, 0.3) is 0 Å². The third-order valence-corrected chi connectivity index (χ3v) is 14.3. The summed E-state index contributed by atoms with van der Waals surface area (Å²) < 4.78 is 64.5. The van der Waals surface area contributed by atoms with Crippen LogP contribution in [0.15, 0.2) is 158 Å². The lowest BCUT2D eigenvalue weighted by molar-refractivity contribution is -0.154. The zero-order valence-corrected chi connectivity index (χ0v) is 50.1. The van der Waals surface area contributed by atoms with Crippen molar-refractivity contribution < 1.29 is 66.7 Å². The molecular formula is C69H88O14. The van der Waals surface area contributed by atoms with E-state index < -0.39 is 6.10 Å². The molecule has 14 nitrogen and oxygen atoms in total. The maximum atomic E-state index is 11.4. The fourth-order valence-electron chi connectivity index (χ4n) is 7.76. The summed E-state index contributed by atoms with van der Waals surface area (Å²) >= 11 is 0. The Labute approximate surface area is 492 Å². The summed E-state index contributed by atoms with van der Waals surface area (Å²) in [5.41, 5.74) is 3.98. The minimum atomic E-state index is -0.772. The molecule has 14 heteroatoms. The molecule has 5 fully saturated rings. The Balaban J connectivity index is 0.000000212. The molecule has 5 aliphatic rings. The van der Waals surface area contributed by atoms with Crippen molar-refractivity contribution in [3.05, 3.63) is 180 Å². The number of ether oxygens (including phenoxy) is 12. The van der Waals surface area contributed by atoms with Crippen LogP contribution in [0, 0.1) is 5.41 Å². The van der Waals surface area contributed by atoms with Gasteiger partial charge in [0.05, 0.1) is 38.4 Å². The molecule has 0 radical (unpaired) electrons. The predicted octanol–water partition coefficient (Wildman–Crippen LogP) is 12.4. The number of carbonyl (C=O) groups excluding carboxylic acids is 1. The second-order valence-corrected chi connectivity index (χ2v) is 22.8. The summed E-state index contributed by atoms with van der Waals surface area (Å²) in [6.07, 6.45) is 2.62. The third kappa shape index (κ3) is 23.1. The van der Waals surface area contributed by atoms with Crippen LogP contribution in [0.25, 0.3) is 0 Å². The van der Waals surface area contributed by atoms with Crippen LogP contribution in [0.2, 0.25) is 0 Å². The van der Waals surface area contributed by atoms with Gasteiger partial charge in [0.2, 0.25) is 0 Å². The largest absolute Gasteiger partial charge is 0.491 e. The van der Waals surface area contributed by atoms with E-state index in [1.807, 2.05) is 130 Å². The van der Waals surface area contributed by atoms with Crippen molar-refractivity contribution in [2.75, 3.05) is 79.3 Å². The molecular weight excluding hydrogens is 1050 g/mol. The van der Waals surface area contributed by atoms with E-state index in [0.29, 0.717) is 56.7 Å². The molecule has 1 N–H and O–H groups in total. The number of para-hydroxylation sites is 2. The van der Waals surface area contributed by atoms with Crippen LogP contribution < -0.4 is 28.4 Å². The summed E-state index contributed by atoms with van der Waals surface area (Å²) in [6.45, 7) is 26.1. The van der Waals surface area contributed by atoms with Gasteiger partial charge >= 0.3 is 5.97 Å². The zero-order chi connectivity index (χ0) is 59.1. The van der Waals surface area contributed by atoms with Crippen molar-refractivity contribution in [3.8, 4) is 34.5 Å². The zero-order valence-electron chi connectivity index (χ0n) is 50.1. The SMILES string of the molecule is CC(C)(c1ccc(OCC(O)COc2ccc(C(C)(C)c3ccc(OCC4CO4)cc3)cc2)cc1)c1ccc(OCC2CO2)cc1.CCC.CCC(C)(C)C(=O)OCC1CO1.c1ccc(OCC2CO2)cc1.c1ccc(OCC2CO2)cc1. The van der Waals surface area contributed by atoms with Gasteiger partial charge in [-0.05, 0) is 115 Å². The molecule has 448 valence electrons. The molecule has 5 heterocycles. The Morgan fingerprint density at radius 3 is 0.904 bits per heavy atom. The number of hydrogen-bond donors (Lipinski definition) is 1. The first-order valence-electron chi connectivity index (χ1n) is 29.3. The Kier molecular flexibility index (Phi) is 24.5.